The summed E-state index contributed by atoms with van der Waals surface area (Å²) < 4.78 is 0. The van der Waals surface area contributed by atoms with Crippen LogP contribution in [0.25, 0.3) is 0 Å². The zero-order chi connectivity index (χ0) is 14.1. The van der Waals surface area contributed by atoms with E-state index < -0.39 is 0 Å². The highest BCUT2D eigenvalue weighted by Gasteiger charge is 2.14. The van der Waals surface area contributed by atoms with Crippen LogP contribution in [0.15, 0.2) is 0 Å². The van der Waals surface area contributed by atoms with Crippen LogP contribution in [-0.4, -0.2) is 75.1 Å². The van der Waals surface area contributed by atoms with Crippen LogP contribution in [0.2, 0.25) is 0 Å². The molecule has 112 valence electrons. The number of carbonyl (C=O) groups is 1. The maximum Gasteiger partial charge on any atom is 0.224 e. The maximum absolute atomic E-state index is 11.8. The summed E-state index contributed by atoms with van der Waals surface area (Å²) in [5, 5.41) is 6.23. The van der Waals surface area contributed by atoms with Gasteiger partial charge in [0.15, 0.2) is 0 Å². The highest BCUT2D eigenvalue weighted by Crippen LogP contribution is 1.99. The number of hydrogen-bond acceptors (Lipinski definition) is 4. The molecule has 1 aliphatic heterocycles. The Hall–Kier alpha value is -0.650. The lowest BCUT2D eigenvalue weighted by atomic mass is 10.1. The van der Waals surface area contributed by atoms with Gasteiger partial charge < -0.3 is 20.4 Å². The number of nitrogens with one attached hydrogen (secondary N) is 2. The largest absolute Gasteiger partial charge is 0.356 e. The Balaban J connectivity index is 2.02. The Morgan fingerprint density at radius 1 is 1.26 bits per heavy atom. The lowest BCUT2D eigenvalue weighted by Crippen LogP contribution is -2.45. The molecule has 0 bridgehead atoms. The molecule has 1 heterocycles. The van der Waals surface area contributed by atoms with Crippen LogP contribution < -0.4 is 10.6 Å². The lowest BCUT2D eigenvalue weighted by Gasteiger charge is -2.32. The van der Waals surface area contributed by atoms with E-state index in [1.165, 1.54) is 0 Å². The van der Waals surface area contributed by atoms with Gasteiger partial charge in [-0.3, -0.25) is 4.79 Å². The number of likely N-dealkylation sites (N-methyl/N-ethyl adjacent to an activating group) is 1. The van der Waals surface area contributed by atoms with E-state index in [1.54, 1.807) is 0 Å². The van der Waals surface area contributed by atoms with Gasteiger partial charge >= 0.3 is 0 Å². The molecule has 1 atom stereocenters. The molecule has 1 saturated heterocycles. The van der Waals surface area contributed by atoms with Crippen LogP contribution in [-0.2, 0) is 4.79 Å². The van der Waals surface area contributed by atoms with Crippen molar-refractivity contribution in [3.05, 3.63) is 0 Å². The van der Waals surface area contributed by atoms with E-state index in [0.29, 0.717) is 0 Å². The zero-order valence-corrected chi connectivity index (χ0v) is 12.7. The van der Waals surface area contributed by atoms with Crippen LogP contribution in [0.3, 0.4) is 0 Å². The summed E-state index contributed by atoms with van der Waals surface area (Å²) in [5.74, 6) is 0.225. The van der Waals surface area contributed by atoms with Gasteiger partial charge in [0.05, 0.1) is 0 Å². The summed E-state index contributed by atoms with van der Waals surface area (Å²) >= 11 is 0. The van der Waals surface area contributed by atoms with Crippen LogP contribution in [0.4, 0.5) is 0 Å². The second-order valence-electron chi connectivity index (χ2n) is 5.50. The molecule has 0 aromatic carbocycles. The van der Waals surface area contributed by atoms with Crippen molar-refractivity contribution in [1.29, 1.82) is 0 Å². The molecule has 0 radical (unpaired) electrons. The number of carbonyl (C=O) groups excluding carboxylic acids is 1. The predicted molar refractivity (Wildman–Crippen MR) is 79.3 cm³/mol. The molecule has 0 saturated carbocycles. The smallest absolute Gasteiger partial charge is 0.224 e. The summed E-state index contributed by atoms with van der Waals surface area (Å²) in [6, 6.07) is 0. The second kappa shape index (κ2) is 9.28. The van der Waals surface area contributed by atoms with Gasteiger partial charge in [-0.15, -0.1) is 0 Å². The molecule has 1 rings (SSSR count). The molecule has 0 aliphatic carbocycles. The van der Waals surface area contributed by atoms with Gasteiger partial charge in [-0.05, 0) is 26.6 Å². The average Bonchev–Trinajstić information content (AvgIpc) is 2.42. The van der Waals surface area contributed by atoms with Crippen molar-refractivity contribution >= 4 is 5.91 Å². The molecule has 5 heteroatoms. The Bertz CT molecular complexity index is 252. The molecule has 19 heavy (non-hydrogen) atoms. The number of amides is 1. The molecule has 0 spiro atoms. The minimum atomic E-state index is 0.0589. The van der Waals surface area contributed by atoms with Gasteiger partial charge in [-0.25, -0.2) is 0 Å². The van der Waals surface area contributed by atoms with Gasteiger partial charge in [0.2, 0.25) is 5.91 Å². The highest BCUT2D eigenvalue weighted by atomic mass is 16.1. The number of piperazine rings is 1. The standard InChI is InChI=1S/C14H30N4O/c1-4-15-12-13(2)14(19)16-6-5-7-18-10-8-17(3)9-11-18/h13,15H,4-12H2,1-3H3,(H,16,19). The predicted octanol–water partition coefficient (Wildman–Crippen LogP) is -0.0143. The molecule has 2 N–H and O–H groups in total. The second-order valence-corrected chi connectivity index (χ2v) is 5.50. The monoisotopic (exact) mass is 270 g/mol. The quantitative estimate of drug-likeness (QED) is 0.609. The van der Waals surface area contributed by atoms with Crippen molar-refractivity contribution in [2.24, 2.45) is 5.92 Å². The zero-order valence-electron chi connectivity index (χ0n) is 12.7. The van der Waals surface area contributed by atoms with E-state index in [4.69, 9.17) is 0 Å². The number of hydrogen-bond donors (Lipinski definition) is 2. The minimum Gasteiger partial charge on any atom is -0.356 e. The van der Waals surface area contributed by atoms with Crippen LogP contribution in [0, 0.1) is 5.92 Å². The fraction of sp³-hybridized carbons (Fsp3) is 0.929. The van der Waals surface area contributed by atoms with E-state index in [9.17, 15) is 4.79 Å². The Morgan fingerprint density at radius 2 is 1.95 bits per heavy atom. The van der Waals surface area contributed by atoms with E-state index >= 15 is 0 Å². The van der Waals surface area contributed by atoms with Crippen molar-refractivity contribution in [3.8, 4) is 0 Å². The number of nitrogens with zero attached hydrogens (tertiary/aromatic N) is 2. The van der Waals surface area contributed by atoms with Gasteiger partial charge in [0.25, 0.3) is 0 Å². The van der Waals surface area contributed by atoms with Gasteiger partial charge in [0, 0.05) is 45.2 Å². The topological polar surface area (TPSA) is 47.6 Å². The molecule has 1 amide bonds. The fourth-order valence-corrected chi connectivity index (χ4v) is 2.21. The summed E-state index contributed by atoms with van der Waals surface area (Å²) in [7, 11) is 2.17. The normalized spacial score (nSPS) is 19.3. The Labute approximate surface area is 117 Å². The van der Waals surface area contributed by atoms with Crippen LogP contribution in [0.1, 0.15) is 20.3 Å². The van der Waals surface area contributed by atoms with E-state index in [-0.39, 0.29) is 11.8 Å². The average molecular weight is 270 g/mol. The lowest BCUT2D eigenvalue weighted by molar-refractivity contribution is -0.124. The first kappa shape index (κ1) is 16.4. The molecule has 0 aromatic rings. The van der Waals surface area contributed by atoms with Crippen molar-refractivity contribution in [1.82, 2.24) is 20.4 Å². The molecular formula is C14H30N4O. The first-order chi connectivity index (χ1) is 9.13. The van der Waals surface area contributed by atoms with Crippen LogP contribution >= 0.6 is 0 Å². The Morgan fingerprint density at radius 3 is 2.58 bits per heavy atom. The first-order valence-electron chi connectivity index (χ1n) is 7.52. The van der Waals surface area contributed by atoms with Crippen molar-refractivity contribution in [3.63, 3.8) is 0 Å². The summed E-state index contributed by atoms with van der Waals surface area (Å²) in [6.07, 6.45) is 1.05. The van der Waals surface area contributed by atoms with Crippen LogP contribution in [0.5, 0.6) is 0 Å². The maximum atomic E-state index is 11.8. The molecular weight excluding hydrogens is 240 g/mol. The first-order valence-corrected chi connectivity index (χ1v) is 7.52. The van der Waals surface area contributed by atoms with Crippen molar-refractivity contribution in [2.45, 2.75) is 20.3 Å². The Kier molecular flexibility index (Phi) is 8.02. The third-order valence-electron chi connectivity index (χ3n) is 3.69. The summed E-state index contributed by atoms with van der Waals surface area (Å²) in [4.78, 5) is 16.6. The van der Waals surface area contributed by atoms with E-state index in [1.807, 2.05) is 6.92 Å². The molecule has 1 fully saturated rings. The van der Waals surface area contributed by atoms with Crippen molar-refractivity contribution < 1.29 is 4.79 Å². The van der Waals surface area contributed by atoms with Gasteiger partial charge in [-0.1, -0.05) is 13.8 Å². The SMILES string of the molecule is CCNCC(C)C(=O)NCCCN1CCN(C)CC1. The highest BCUT2D eigenvalue weighted by molar-refractivity contribution is 5.78. The summed E-state index contributed by atoms with van der Waals surface area (Å²) in [6.45, 7) is 12.2. The third-order valence-corrected chi connectivity index (χ3v) is 3.69. The molecule has 1 unspecified atom stereocenters. The van der Waals surface area contributed by atoms with Crippen molar-refractivity contribution in [2.75, 3.05) is 59.4 Å². The third kappa shape index (κ3) is 6.89. The fourth-order valence-electron chi connectivity index (χ4n) is 2.21. The molecule has 5 nitrogen and oxygen atoms in total. The van der Waals surface area contributed by atoms with E-state index in [0.717, 1.165) is 58.8 Å². The van der Waals surface area contributed by atoms with Gasteiger partial charge in [-0.2, -0.15) is 0 Å². The minimum absolute atomic E-state index is 0.0589. The van der Waals surface area contributed by atoms with Gasteiger partial charge in [0.1, 0.15) is 0 Å². The summed E-state index contributed by atoms with van der Waals surface area (Å²) in [5.41, 5.74) is 0. The molecule has 1 aliphatic rings. The van der Waals surface area contributed by atoms with E-state index in [2.05, 4.69) is 34.4 Å². The molecule has 0 aromatic heterocycles. The number of rotatable bonds is 8.